The van der Waals surface area contributed by atoms with Crippen LogP contribution in [-0.2, 0) is 4.79 Å². The van der Waals surface area contributed by atoms with Crippen LogP contribution >= 0.6 is 0 Å². The highest BCUT2D eigenvalue weighted by Gasteiger charge is 2.25. The van der Waals surface area contributed by atoms with Gasteiger partial charge in [-0.05, 0) is 25.0 Å². The Morgan fingerprint density at radius 3 is 3.05 bits per heavy atom. The number of ether oxygens (including phenoxy) is 1. The molecule has 1 aliphatic rings. The molecule has 1 aliphatic heterocycles. The van der Waals surface area contributed by atoms with E-state index in [1.54, 1.807) is 19.3 Å². The number of methoxy groups -OCH3 is 1. The van der Waals surface area contributed by atoms with E-state index in [1.165, 1.54) is 0 Å². The number of likely N-dealkylation sites (tertiary alicyclic amines) is 1. The van der Waals surface area contributed by atoms with Crippen molar-refractivity contribution in [3.63, 3.8) is 0 Å². The molecule has 1 aromatic rings. The Kier molecular flexibility index (Phi) is 4.58. The third-order valence-electron chi connectivity index (χ3n) is 3.48. The number of nitrogens with two attached hydrogens (primary N) is 1. The molecular weight excluding hydrogens is 240 g/mol. The minimum atomic E-state index is 0.0267. The third-order valence-corrected chi connectivity index (χ3v) is 3.48. The number of benzene rings is 1. The van der Waals surface area contributed by atoms with Gasteiger partial charge in [0.2, 0.25) is 5.91 Å². The van der Waals surface area contributed by atoms with E-state index in [-0.39, 0.29) is 11.9 Å². The van der Waals surface area contributed by atoms with Crippen molar-refractivity contribution in [2.24, 2.45) is 5.73 Å². The predicted molar refractivity (Wildman–Crippen MR) is 75.8 cm³/mol. The van der Waals surface area contributed by atoms with Gasteiger partial charge < -0.3 is 15.4 Å². The first-order chi connectivity index (χ1) is 9.26. The van der Waals surface area contributed by atoms with Crippen molar-refractivity contribution in [3.05, 3.63) is 35.9 Å². The van der Waals surface area contributed by atoms with Gasteiger partial charge in [0.15, 0.2) is 0 Å². The minimum absolute atomic E-state index is 0.0267. The van der Waals surface area contributed by atoms with E-state index in [1.807, 2.05) is 29.2 Å². The van der Waals surface area contributed by atoms with Crippen molar-refractivity contribution in [1.82, 2.24) is 4.90 Å². The van der Waals surface area contributed by atoms with Gasteiger partial charge in [-0.1, -0.05) is 18.2 Å². The van der Waals surface area contributed by atoms with Crippen molar-refractivity contribution in [1.29, 1.82) is 0 Å². The summed E-state index contributed by atoms with van der Waals surface area (Å²) in [6.07, 6.45) is 5.44. The number of hydrogen-bond acceptors (Lipinski definition) is 3. The third kappa shape index (κ3) is 3.15. The molecule has 4 nitrogen and oxygen atoms in total. The zero-order valence-corrected chi connectivity index (χ0v) is 11.2. The molecule has 0 aliphatic carbocycles. The van der Waals surface area contributed by atoms with Crippen LogP contribution in [0.1, 0.15) is 18.4 Å². The van der Waals surface area contributed by atoms with Crippen LogP contribution in [0.2, 0.25) is 0 Å². The van der Waals surface area contributed by atoms with Gasteiger partial charge in [-0.15, -0.1) is 0 Å². The maximum Gasteiger partial charge on any atom is 0.246 e. The summed E-state index contributed by atoms with van der Waals surface area (Å²) in [7, 11) is 1.62. The van der Waals surface area contributed by atoms with Gasteiger partial charge in [-0.25, -0.2) is 0 Å². The molecule has 1 atom stereocenters. The molecule has 1 fully saturated rings. The van der Waals surface area contributed by atoms with Crippen LogP contribution in [-0.4, -0.2) is 37.0 Å². The fourth-order valence-corrected chi connectivity index (χ4v) is 2.43. The lowest BCUT2D eigenvalue weighted by molar-refractivity contribution is -0.126. The summed E-state index contributed by atoms with van der Waals surface area (Å²) in [6.45, 7) is 1.34. The van der Waals surface area contributed by atoms with Gasteiger partial charge in [-0.3, -0.25) is 4.79 Å². The zero-order valence-electron chi connectivity index (χ0n) is 11.2. The molecule has 0 bridgehead atoms. The van der Waals surface area contributed by atoms with Crippen molar-refractivity contribution in [2.45, 2.75) is 18.9 Å². The number of hydrogen-bond donors (Lipinski definition) is 1. The molecule has 4 heteroatoms. The number of para-hydroxylation sites is 1. The summed E-state index contributed by atoms with van der Waals surface area (Å²) in [5.41, 5.74) is 6.58. The van der Waals surface area contributed by atoms with Crippen LogP contribution in [0.3, 0.4) is 0 Å². The van der Waals surface area contributed by atoms with Crippen molar-refractivity contribution >= 4 is 12.0 Å². The Bertz CT molecular complexity index is 471. The summed E-state index contributed by atoms with van der Waals surface area (Å²) >= 11 is 0. The second-order valence-corrected chi connectivity index (χ2v) is 4.64. The molecule has 102 valence electrons. The van der Waals surface area contributed by atoms with E-state index in [9.17, 15) is 4.79 Å². The van der Waals surface area contributed by atoms with E-state index < -0.39 is 0 Å². The van der Waals surface area contributed by atoms with Gasteiger partial charge in [0, 0.05) is 30.8 Å². The maximum absolute atomic E-state index is 12.1. The normalized spacial score (nSPS) is 19.1. The topological polar surface area (TPSA) is 55.6 Å². The predicted octanol–water partition coefficient (Wildman–Crippen LogP) is 1.66. The molecule has 0 spiro atoms. The lowest BCUT2D eigenvalue weighted by Gasteiger charge is -2.21. The molecule has 0 aromatic heterocycles. The number of carbonyl (C=O) groups is 1. The lowest BCUT2D eigenvalue weighted by atomic mass is 10.2. The first-order valence-corrected chi connectivity index (χ1v) is 6.58. The summed E-state index contributed by atoms with van der Waals surface area (Å²) in [5.74, 6) is 0.794. The molecule has 0 saturated carbocycles. The smallest absolute Gasteiger partial charge is 0.246 e. The average Bonchev–Trinajstić information content (AvgIpc) is 2.93. The molecule has 2 rings (SSSR count). The number of carbonyl (C=O) groups excluding carboxylic acids is 1. The SMILES string of the molecule is COc1ccccc1/C=C/C(=O)N1CCCC1CN. The van der Waals surface area contributed by atoms with Crippen LogP contribution in [0.5, 0.6) is 5.75 Å². The molecule has 1 saturated heterocycles. The fraction of sp³-hybridized carbons (Fsp3) is 0.400. The van der Waals surface area contributed by atoms with Crippen LogP contribution < -0.4 is 10.5 Å². The molecular formula is C15H20N2O2. The molecule has 1 amide bonds. The van der Waals surface area contributed by atoms with E-state index in [4.69, 9.17) is 10.5 Å². The van der Waals surface area contributed by atoms with E-state index in [0.29, 0.717) is 6.54 Å². The lowest BCUT2D eigenvalue weighted by Crippen LogP contribution is -2.38. The average molecular weight is 260 g/mol. The number of amides is 1. The number of nitrogens with zero attached hydrogens (tertiary/aromatic N) is 1. The fourth-order valence-electron chi connectivity index (χ4n) is 2.43. The maximum atomic E-state index is 12.1. The van der Waals surface area contributed by atoms with Crippen molar-refractivity contribution < 1.29 is 9.53 Å². The van der Waals surface area contributed by atoms with E-state index >= 15 is 0 Å². The van der Waals surface area contributed by atoms with Gasteiger partial charge in [-0.2, -0.15) is 0 Å². The van der Waals surface area contributed by atoms with E-state index in [2.05, 4.69) is 0 Å². The van der Waals surface area contributed by atoms with Gasteiger partial charge in [0.25, 0.3) is 0 Å². The van der Waals surface area contributed by atoms with Gasteiger partial charge in [0.05, 0.1) is 7.11 Å². The van der Waals surface area contributed by atoms with Crippen molar-refractivity contribution in [3.8, 4) is 5.75 Å². The van der Waals surface area contributed by atoms with Crippen LogP contribution in [0.25, 0.3) is 6.08 Å². The summed E-state index contributed by atoms with van der Waals surface area (Å²) in [6, 6.07) is 7.82. The largest absolute Gasteiger partial charge is 0.496 e. The minimum Gasteiger partial charge on any atom is -0.496 e. The van der Waals surface area contributed by atoms with Crippen LogP contribution in [0.15, 0.2) is 30.3 Å². The molecule has 1 heterocycles. The summed E-state index contributed by atoms with van der Waals surface area (Å²) in [5, 5.41) is 0. The van der Waals surface area contributed by atoms with Gasteiger partial charge in [0.1, 0.15) is 5.75 Å². The van der Waals surface area contributed by atoms with Crippen LogP contribution in [0.4, 0.5) is 0 Å². The second kappa shape index (κ2) is 6.38. The molecule has 2 N–H and O–H groups in total. The number of rotatable bonds is 4. The Labute approximate surface area is 113 Å². The summed E-state index contributed by atoms with van der Waals surface area (Å²) in [4.78, 5) is 14.0. The van der Waals surface area contributed by atoms with E-state index in [0.717, 1.165) is 30.7 Å². The Morgan fingerprint density at radius 1 is 1.53 bits per heavy atom. The second-order valence-electron chi connectivity index (χ2n) is 4.64. The first-order valence-electron chi connectivity index (χ1n) is 6.58. The quantitative estimate of drug-likeness (QED) is 0.838. The van der Waals surface area contributed by atoms with Gasteiger partial charge >= 0.3 is 0 Å². The highest BCUT2D eigenvalue weighted by atomic mass is 16.5. The van der Waals surface area contributed by atoms with Crippen molar-refractivity contribution in [2.75, 3.05) is 20.2 Å². The monoisotopic (exact) mass is 260 g/mol. The summed E-state index contributed by atoms with van der Waals surface area (Å²) < 4.78 is 5.25. The Hall–Kier alpha value is -1.81. The Morgan fingerprint density at radius 2 is 2.32 bits per heavy atom. The molecule has 0 radical (unpaired) electrons. The molecule has 19 heavy (non-hydrogen) atoms. The highest BCUT2D eigenvalue weighted by molar-refractivity contribution is 5.92. The molecule has 1 aromatic carbocycles. The molecule has 1 unspecified atom stereocenters. The first kappa shape index (κ1) is 13.6. The highest BCUT2D eigenvalue weighted by Crippen LogP contribution is 2.20. The zero-order chi connectivity index (χ0) is 13.7. The van der Waals surface area contributed by atoms with Crippen LogP contribution in [0, 0.1) is 0 Å². The standard InChI is InChI=1S/C15H20N2O2/c1-19-14-7-3-2-5-12(14)8-9-15(18)17-10-4-6-13(17)11-16/h2-3,5,7-9,13H,4,6,10-11,16H2,1H3/b9-8+. The Balaban J connectivity index is 2.07.